The molecule has 0 aliphatic heterocycles. The molecule has 0 aliphatic carbocycles. The summed E-state index contributed by atoms with van der Waals surface area (Å²) in [7, 11) is 1.92. The normalized spacial score (nSPS) is 10.9. The Labute approximate surface area is 136 Å². The van der Waals surface area contributed by atoms with Gasteiger partial charge in [-0.05, 0) is 30.5 Å². The first-order chi connectivity index (χ1) is 10.6. The number of amides is 1. The molecule has 0 bridgehead atoms. The maximum atomic E-state index is 12.4. The van der Waals surface area contributed by atoms with Crippen LogP contribution in [-0.2, 0) is 7.05 Å². The van der Waals surface area contributed by atoms with Crippen molar-refractivity contribution in [2.45, 2.75) is 5.16 Å². The molecule has 112 valence electrons. The van der Waals surface area contributed by atoms with Gasteiger partial charge < -0.3 is 9.88 Å². The number of hydrogen-bond donors (Lipinski definition) is 1. The van der Waals surface area contributed by atoms with Crippen LogP contribution in [-0.4, -0.2) is 26.7 Å². The quantitative estimate of drug-likeness (QED) is 0.744. The number of benzene rings is 1. The van der Waals surface area contributed by atoms with Gasteiger partial charge in [0.25, 0.3) is 5.91 Å². The molecule has 0 unspecified atom stereocenters. The Morgan fingerprint density at radius 1 is 1.36 bits per heavy atom. The molecule has 22 heavy (non-hydrogen) atoms. The minimum Gasteiger partial charge on any atom is -0.322 e. The van der Waals surface area contributed by atoms with Gasteiger partial charge in [0.1, 0.15) is 5.82 Å². The second kappa shape index (κ2) is 5.98. The highest BCUT2D eigenvalue weighted by Gasteiger charge is 2.16. The lowest BCUT2D eigenvalue weighted by atomic mass is 10.2. The van der Waals surface area contributed by atoms with Gasteiger partial charge in [-0.25, -0.2) is 9.97 Å². The molecule has 2 heterocycles. The number of fused-ring (bicyclic) bond motifs is 1. The zero-order valence-corrected chi connectivity index (χ0v) is 13.6. The molecular formula is C15H13ClN4OS. The number of nitrogens with one attached hydrogen (secondary N) is 1. The highest BCUT2D eigenvalue weighted by Crippen LogP contribution is 2.27. The first-order valence-electron chi connectivity index (χ1n) is 6.52. The Kier molecular flexibility index (Phi) is 4.04. The molecule has 3 aromatic rings. The van der Waals surface area contributed by atoms with Crippen LogP contribution in [0.4, 0.5) is 5.82 Å². The minimum atomic E-state index is -0.304. The Balaban J connectivity index is 2.00. The van der Waals surface area contributed by atoms with E-state index in [4.69, 9.17) is 11.6 Å². The van der Waals surface area contributed by atoms with Crippen molar-refractivity contribution < 1.29 is 4.79 Å². The van der Waals surface area contributed by atoms with Crippen LogP contribution in [0.1, 0.15) is 10.4 Å². The first-order valence-corrected chi connectivity index (χ1v) is 8.13. The van der Waals surface area contributed by atoms with Crippen molar-refractivity contribution in [3.05, 3.63) is 47.1 Å². The van der Waals surface area contributed by atoms with Crippen LogP contribution in [0.2, 0.25) is 5.02 Å². The number of carbonyl (C=O) groups excluding carboxylic acids is 1. The van der Waals surface area contributed by atoms with Gasteiger partial charge >= 0.3 is 0 Å². The summed E-state index contributed by atoms with van der Waals surface area (Å²) in [4.78, 5) is 20.9. The van der Waals surface area contributed by atoms with Crippen molar-refractivity contribution in [2.75, 3.05) is 11.6 Å². The highest BCUT2D eigenvalue weighted by molar-refractivity contribution is 7.98. The van der Waals surface area contributed by atoms with Crippen LogP contribution >= 0.6 is 23.4 Å². The fourth-order valence-corrected chi connectivity index (χ4v) is 2.97. The zero-order chi connectivity index (χ0) is 15.7. The Bertz CT molecular complexity index is 848. The third kappa shape index (κ3) is 2.67. The summed E-state index contributed by atoms with van der Waals surface area (Å²) in [6.07, 6.45) is 3.57. The largest absolute Gasteiger partial charge is 0.322 e. The SMILES string of the molecule is CSc1nc2cc(C(=O)Nc3ccccn3)c(Cl)cc2n1C. The molecule has 0 atom stereocenters. The highest BCUT2D eigenvalue weighted by atomic mass is 35.5. The number of aryl methyl sites for hydroxylation is 1. The summed E-state index contributed by atoms with van der Waals surface area (Å²) < 4.78 is 1.95. The second-order valence-corrected chi connectivity index (χ2v) is 5.83. The van der Waals surface area contributed by atoms with Gasteiger partial charge in [0.2, 0.25) is 0 Å². The summed E-state index contributed by atoms with van der Waals surface area (Å²) in [6.45, 7) is 0. The minimum absolute atomic E-state index is 0.304. The number of thioether (sulfide) groups is 1. The molecule has 0 radical (unpaired) electrons. The van der Waals surface area contributed by atoms with E-state index in [1.54, 1.807) is 48.3 Å². The topological polar surface area (TPSA) is 59.8 Å². The number of aromatic nitrogens is 3. The van der Waals surface area contributed by atoms with E-state index in [9.17, 15) is 4.79 Å². The number of hydrogen-bond acceptors (Lipinski definition) is 4. The van der Waals surface area contributed by atoms with Crippen LogP contribution in [0.25, 0.3) is 11.0 Å². The van der Waals surface area contributed by atoms with E-state index < -0.39 is 0 Å². The average Bonchev–Trinajstić information content (AvgIpc) is 2.83. The lowest BCUT2D eigenvalue weighted by Crippen LogP contribution is -2.13. The van der Waals surface area contributed by atoms with Crippen LogP contribution in [0.3, 0.4) is 0 Å². The number of anilines is 1. The van der Waals surface area contributed by atoms with Gasteiger partial charge in [-0.15, -0.1) is 0 Å². The lowest BCUT2D eigenvalue weighted by Gasteiger charge is -2.06. The van der Waals surface area contributed by atoms with E-state index in [1.165, 1.54) is 0 Å². The van der Waals surface area contributed by atoms with E-state index in [0.29, 0.717) is 16.4 Å². The second-order valence-electron chi connectivity index (χ2n) is 4.65. The fourth-order valence-electron chi connectivity index (χ4n) is 2.17. The molecule has 1 N–H and O–H groups in total. The lowest BCUT2D eigenvalue weighted by molar-refractivity contribution is 0.102. The summed E-state index contributed by atoms with van der Waals surface area (Å²) in [5, 5.41) is 3.98. The predicted molar refractivity (Wildman–Crippen MR) is 89.7 cm³/mol. The monoisotopic (exact) mass is 332 g/mol. The summed E-state index contributed by atoms with van der Waals surface area (Å²) in [5.74, 6) is 0.177. The van der Waals surface area contributed by atoms with E-state index in [2.05, 4.69) is 15.3 Å². The molecule has 0 aliphatic rings. The number of imidazole rings is 1. The van der Waals surface area contributed by atoms with Crippen molar-refractivity contribution in [3.8, 4) is 0 Å². The maximum Gasteiger partial charge on any atom is 0.258 e. The van der Waals surface area contributed by atoms with Crippen molar-refractivity contribution in [2.24, 2.45) is 7.05 Å². The van der Waals surface area contributed by atoms with Crippen LogP contribution in [0.15, 0.2) is 41.7 Å². The molecule has 2 aromatic heterocycles. The number of halogens is 1. The summed E-state index contributed by atoms with van der Waals surface area (Å²) in [5.41, 5.74) is 2.01. The van der Waals surface area contributed by atoms with Crippen molar-refractivity contribution in [3.63, 3.8) is 0 Å². The summed E-state index contributed by atoms with van der Waals surface area (Å²) in [6, 6.07) is 8.77. The Hall–Kier alpha value is -2.05. The Morgan fingerprint density at radius 2 is 2.18 bits per heavy atom. The van der Waals surface area contributed by atoms with Crippen LogP contribution in [0, 0.1) is 0 Å². The van der Waals surface area contributed by atoms with Gasteiger partial charge in [0.15, 0.2) is 5.16 Å². The van der Waals surface area contributed by atoms with Gasteiger partial charge in [-0.2, -0.15) is 0 Å². The van der Waals surface area contributed by atoms with Crippen molar-refractivity contribution >= 4 is 46.1 Å². The standard InChI is InChI=1S/C15H13ClN4OS/c1-20-12-8-10(16)9(7-11(12)18-15(20)22-2)14(21)19-13-5-3-4-6-17-13/h3-8H,1-2H3,(H,17,19,21). The molecule has 7 heteroatoms. The smallest absolute Gasteiger partial charge is 0.258 e. The van der Waals surface area contributed by atoms with E-state index >= 15 is 0 Å². The Morgan fingerprint density at radius 3 is 2.86 bits per heavy atom. The van der Waals surface area contributed by atoms with Gasteiger partial charge in [-0.1, -0.05) is 29.4 Å². The molecule has 1 aromatic carbocycles. The molecule has 0 spiro atoms. The van der Waals surface area contributed by atoms with Gasteiger partial charge in [0.05, 0.1) is 21.6 Å². The molecule has 5 nitrogen and oxygen atoms in total. The third-order valence-electron chi connectivity index (χ3n) is 3.26. The predicted octanol–water partition coefficient (Wildman–Crippen LogP) is 3.60. The van der Waals surface area contributed by atoms with E-state index in [-0.39, 0.29) is 5.91 Å². The number of nitrogens with zero attached hydrogens (tertiary/aromatic N) is 3. The average molecular weight is 333 g/mol. The maximum absolute atomic E-state index is 12.4. The molecule has 3 rings (SSSR count). The van der Waals surface area contributed by atoms with E-state index in [0.717, 1.165) is 16.2 Å². The number of carbonyl (C=O) groups is 1. The third-order valence-corrected chi connectivity index (χ3v) is 4.31. The fraction of sp³-hybridized carbons (Fsp3) is 0.133. The molecule has 0 saturated heterocycles. The molecule has 0 saturated carbocycles. The van der Waals surface area contributed by atoms with Gasteiger partial charge in [-0.3, -0.25) is 4.79 Å². The van der Waals surface area contributed by atoms with Crippen LogP contribution in [0.5, 0.6) is 0 Å². The van der Waals surface area contributed by atoms with Crippen LogP contribution < -0.4 is 5.32 Å². The molecular weight excluding hydrogens is 320 g/mol. The van der Waals surface area contributed by atoms with Crippen molar-refractivity contribution in [1.82, 2.24) is 14.5 Å². The first kappa shape index (κ1) is 14.9. The number of rotatable bonds is 3. The van der Waals surface area contributed by atoms with E-state index in [1.807, 2.05) is 17.9 Å². The number of pyridine rings is 1. The van der Waals surface area contributed by atoms with Crippen molar-refractivity contribution in [1.29, 1.82) is 0 Å². The molecule has 0 fully saturated rings. The molecule has 1 amide bonds. The zero-order valence-electron chi connectivity index (χ0n) is 12.0. The summed E-state index contributed by atoms with van der Waals surface area (Å²) >= 11 is 7.80. The van der Waals surface area contributed by atoms with Gasteiger partial charge in [0, 0.05) is 13.2 Å².